The molecular formula is C12H15N5O2. The molecule has 19 heavy (non-hydrogen) atoms. The lowest BCUT2D eigenvalue weighted by molar-refractivity contribution is 0.0593. The number of carbonyl (C=O) groups is 1. The van der Waals surface area contributed by atoms with Crippen LogP contribution in [0.1, 0.15) is 16.2 Å². The smallest absolute Gasteiger partial charge is 0.358 e. The maximum absolute atomic E-state index is 11.2. The first kappa shape index (κ1) is 13.0. The minimum atomic E-state index is -0.493. The number of hydrogen-bond acceptors (Lipinski definition) is 6. The second-order valence-electron chi connectivity index (χ2n) is 3.94. The van der Waals surface area contributed by atoms with Gasteiger partial charge in [0.2, 0.25) is 0 Å². The number of aromatic nitrogens is 4. The predicted molar refractivity (Wildman–Crippen MR) is 68.8 cm³/mol. The monoisotopic (exact) mass is 261 g/mol. The SMILES string of the molecule is COC(=O)c1cnc(NCCc2ccn(C)n2)cn1. The predicted octanol–water partition coefficient (Wildman–Crippen LogP) is 0.651. The molecule has 0 aliphatic rings. The Kier molecular flexibility index (Phi) is 4.07. The summed E-state index contributed by atoms with van der Waals surface area (Å²) in [6, 6.07) is 1.97. The molecule has 2 heterocycles. The van der Waals surface area contributed by atoms with E-state index in [9.17, 15) is 4.79 Å². The molecule has 100 valence electrons. The van der Waals surface area contributed by atoms with Crippen molar-refractivity contribution in [1.82, 2.24) is 19.7 Å². The molecule has 0 amide bonds. The van der Waals surface area contributed by atoms with Crippen molar-refractivity contribution in [3.8, 4) is 0 Å². The van der Waals surface area contributed by atoms with Crippen LogP contribution in [0, 0.1) is 0 Å². The van der Waals surface area contributed by atoms with Crippen LogP contribution in [0.3, 0.4) is 0 Å². The number of rotatable bonds is 5. The summed E-state index contributed by atoms with van der Waals surface area (Å²) in [5.74, 6) is 0.121. The van der Waals surface area contributed by atoms with Crippen LogP contribution in [0.2, 0.25) is 0 Å². The lowest BCUT2D eigenvalue weighted by Crippen LogP contribution is -2.09. The zero-order valence-electron chi connectivity index (χ0n) is 10.8. The van der Waals surface area contributed by atoms with E-state index in [4.69, 9.17) is 0 Å². The molecule has 2 aromatic heterocycles. The van der Waals surface area contributed by atoms with E-state index in [0.29, 0.717) is 12.4 Å². The van der Waals surface area contributed by atoms with E-state index >= 15 is 0 Å². The summed E-state index contributed by atoms with van der Waals surface area (Å²) in [5, 5.41) is 7.38. The molecule has 0 aromatic carbocycles. The number of hydrogen-bond donors (Lipinski definition) is 1. The van der Waals surface area contributed by atoms with Gasteiger partial charge in [0, 0.05) is 26.2 Å². The largest absolute Gasteiger partial charge is 0.464 e. The highest BCUT2D eigenvalue weighted by Crippen LogP contribution is 2.03. The van der Waals surface area contributed by atoms with Crippen molar-refractivity contribution in [2.24, 2.45) is 7.05 Å². The Morgan fingerprint density at radius 3 is 2.84 bits per heavy atom. The zero-order valence-corrected chi connectivity index (χ0v) is 10.8. The Labute approximate surface area is 110 Å². The normalized spacial score (nSPS) is 10.2. The van der Waals surface area contributed by atoms with Crippen LogP contribution < -0.4 is 5.32 Å². The maximum Gasteiger partial charge on any atom is 0.358 e. The van der Waals surface area contributed by atoms with Gasteiger partial charge in [-0.25, -0.2) is 14.8 Å². The Balaban J connectivity index is 1.84. The molecule has 2 aromatic rings. The van der Waals surface area contributed by atoms with E-state index < -0.39 is 5.97 Å². The van der Waals surface area contributed by atoms with Crippen LogP contribution in [0.25, 0.3) is 0 Å². The lowest BCUT2D eigenvalue weighted by atomic mass is 10.3. The van der Waals surface area contributed by atoms with Gasteiger partial charge in [-0.2, -0.15) is 5.10 Å². The van der Waals surface area contributed by atoms with Crippen LogP contribution in [0.4, 0.5) is 5.82 Å². The molecule has 0 aliphatic heterocycles. The number of nitrogens with zero attached hydrogens (tertiary/aromatic N) is 4. The molecule has 0 spiro atoms. The van der Waals surface area contributed by atoms with Gasteiger partial charge in [-0.15, -0.1) is 0 Å². The van der Waals surface area contributed by atoms with E-state index in [2.05, 4.69) is 25.1 Å². The number of methoxy groups -OCH3 is 1. The topological polar surface area (TPSA) is 81.9 Å². The van der Waals surface area contributed by atoms with Crippen molar-refractivity contribution >= 4 is 11.8 Å². The van der Waals surface area contributed by atoms with Crippen molar-refractivity contribution in [3.05, 3.63) is 36.0 Å². The molecule has 0 fully saturated rings. The van der Waals surface area contributed by atoms with E-state index in [0.717, 1.165) is 12.1 Å². The summed E-state index contributed by atoms with van der Waals surface area (Å²) < 4.78 is 6.31. The van der Waals surface area contributed by atoms with Gasteiger partial charge in [-0.1, -0.05) is 0 Å². The molecule has 0 saturated carbocycles. The Hall–Kier alpha value is -2.44. The van der Waals surface area contributed by atoms with Crippen molar-refractivity contribution < 1.29 is 9.53 Å². The molecule has 0 unspecified atom stereocenters. The van der Waals surface area contributed by atoms with E-state index in [1.807, 2.05) is 19.3 Å². The van der Waals surface area contributed by atoms with Crippen molar-refractivity contribution in [2.45, 2.75) is 6.42 Å². The van der Waals surface area contributed by atoms with Gasteiger partial charge in [0.1, 0.15) is 5.82 Å². The third kappa shape index (κ3) is 3.51. The van der Waals surface area contributed by atoms with Crippen molar-refractivity contribution in [2.75, 3.05) is 19.0 Å². The number of carbonyl (C=O) groups excluding carboxylic acids is 1. The van der Waals surface area contributed by atoms with Gasteiger partial charge < -0.3 is 10.1 Å². The molecule has 1 N–H and O–H groups in total. The number of esters is 1. The highest BCUT2D eigenvalue weighted by Gasteiger charge is 2.07. The molecular weight excluding hydrogens is 246 g/mol. The summed E-state index contributed by atoms with van der Waals surface area (Å²) >= 11 is 0. The Bertz CT molecular complexity index is 550. The van der Waals surface area contributed by atoms with Crippen molar-refractivity contribution in [1.29, 1.82) is 0 Å². The first-order chi connectivity index (χ1) is 9.19. The van der Waals surface area contributed by atoms with Gasteiger partial charge in [0.25, 0.3) is 0 Å². The van der Waals surface area contributed by atoms with Crippen LogP contribution in [-0.4, -0.2) is 39.4 Å². The van der Waals surface area contributed by atoms with Gasteiger partial charge in [-0.3, -0.25) is 4.68 Å². The van der Waals surface area contributed by atoms with Gasteiger partial charge in [0.15, 0.2) is 5.69 Å². The number of nitrogens with one attached hydrogen (secondary N) is 1. The molecule has 0 atom stereocenters. The number of anilines is 1. The standard InChI is InChI=1S/C12H15N5O2/c1-17-6-4-9(16-17)3-5-13-11-8-14-10(7-15-11)12(18)19-2/h4,6-8H,3,5H2,1-2H3,(H,13,15). The molecule has 2 rings (SSSR count). The minimum Gasteiger partial charge on any atom is -0.464 e. The maximum atomic E-state index is 11.2. The fraction of sp³-hybridized carbons (Fsp3) is 0.333. The van der Waals surface area contributed by atoms with Gasteiger partial charge in [0.05, 0.1) is 25.2 Å². The summed E-state index contributed by atoms with van der Waals surface area (Å²) in [6.45, 7) is 0.698. The third-order valence-electron chi connectivity index (χ3n) is 2.50. The van der Waals surface area contributed by atoms with E-state index in [1.165, 1.54) is 19.5 Å². The van der Waals surface area contributed by atoms with Gasteiger partial charge >= 0.3 is 5.97 Å². The zero-order chi connectivity index (χ0) is 13.7. The molecule has 7 nitrogen and oxygen atoms in total. The summed E-state index contributed by atoms with van der Waals surface area (Å²) in [7, 11) is 3.19. The minimum absolute atomic E-state index is 0.192. The summed E-state index contributed by atoms with van der Waals surface area (Å²) in [4.78, 5) is 19.2. The second-order valence-corrected chi connectivity index (χ2v) is 3.94. The first-order valence-electron chi connectivity index (χ1n) is 5.82. The van der Waals surface area contributed by atoms with E-state index in [-0.39, 0.29) is 5.69 Å². The highest BCUT2D eigenvalue weighted by atomic mass is 16.5. The van der Waals surface area contributed by atoms with Crippen molar-refractivity contribution in [3.63, 3.8) is 0 Å². The second kappa shape index (κ2) is 5.94. The summed E-state index contributed by atoms with van der Waals surface area (Å²) in [6.07, 6.45) is 5.58. The molecule has 0 aliphatic carbocycles. The quantitative estimate of drug-likeness (QED) is 0.796. The Morgan fingerprint density at radius 2 is 2.26 bits per heavy atom. The number of aryl methyl sites for hydroxylation is 1. The van der Waals surface area contributed by atoms with E-state index in [1.54, 1.807) is 4.68 Å². The average Bonchev–Trinajstić information content (AvgIpc) is 2.84. The number of ether oxygens (including phenoxy) is 1. The molecule has 0 radical (unpaired) electrons. The molecule has 7 heteroatoms. The molecule has 0 saturated heterocycles. The fourth-order valence-corrected chi connectivity index (χ4v) is 1.54. The lowest BCUT2D eigenvalue weighted by Gasteiger charge is -2.04. The third-order valence-corrected chi connectivity index (χ3v) is 2.50. The first-order valence-corrected chi connectivity index (χ1v) is 5.82. The molecule has 0 bridgehead atoms. The fourth-order valence-electron chi connectivity index (χ4n) is 1.54. The summed E-state index contributed by atoms with van der Waals surface area (Å²) in [5.41, 5.74) is 1.20. The van der Waals surface area contributed by atoms with Crippen LogP contribution >= 0.6 is 0 Å². The van der Waals surface area contributed by atoms with Crippen LogP contribution in [-0.2, 0) is 18.2 Å². The van der Waals surface area contributed by atoms with Crippen LogP contribution in [0.5, 0.6) is 0 Å². The Morgan fingerprint density at radius 1 is 1.42 bits per heavy atom. The average molecular weight is 261 g/mol. The van der Waals surface area contributed by atoms with Gasteiger partial charge in [-0.05, 0) is 6.07 Å². The van der Waals surface area contributed by atoms with Crippen LogP contribution in [0.15, 0.2) is 24.7 Å². The highest BCUT2D eigenvalue weighted by molar-refractivity contribution is 5.86.